The molecule has 0 saturated carbocycles. The van der Waals surface area contributed by atoms with E-state index >= 15 is 0 Å². The first-order valence-electron chi connectivity index (χ1n) is 10.3. The van der Waals surface area contributed by atoms with Gasteiger partial charge in [-0.1, -0.05) is 60.7 Å². The highest BCUT2D eigenvalue weighted by Crippen LogP contribution is 2.27. The lowest BCUT2D eigenvalue weighted by molar-refractivity contribution is 0.720. The van der Waals surface area contributed by atoms with Crippen LogP contribution in [0.15, 0.2) is 85.1 Å². The Balaban J connectivity index is 1.47. The van der Waals surface area contributed by atoms with Crippen LogP contribution in [0.5, 0.6) is 0 Å². The van der Waals surface area contributed by atoms with E-state index in [0.717, 1.165) is 48.2 Å². The molecule has 0 aliphatic carbocycles. The summed E-state index contributed by atoms with van der Waals surface area (Å²) >= 11 is 0. The first-order valence-corrected chi connectivity index (χ1v) is 10.3. The lowest BCUT2D eigenvalue weighted by Gasteiger charge is -2.30. The third-order valence-electron chi connectivity index (χ3n) is 5.38. The fraction of sp³-hybridized carbons (Fsp3) is 0.160. The molecule has 2 aromatic carbocycles. The maximum Gasteiger partial charge on any atom is 0.163 e. The van der Waals surface area contributed by atoms with Gasteiger partial charge in [0.25, 0.3) is 0 Å². The maximum absolute atomic E-state index is 4.91. The van der Waals surface area contributed by atoms with Gasteiger partial charge in [-0.15, -0.1) is 0 Å². The number of hydrogen-bond acceptors (Lipinski definition) is 5. The van der Waals surface area contributed by atoms with Crippen molar-refractivity contribution in [3.05, 3.63) is 102 Å². The molecule has 0 amide bonds. The molecule has 1 aliphatic rings. The molecule has 30 heavy (non-hydrogen) atoms. The van der Waals surface area contributed by atoms with Crippen molar-refractivity contribution < 1.29 is 0 Å². The summed E-state index contributed by atoms with van der Waals surface area (Å²) in [5.74, 6) is 2.49. The molecule has 0 atom stereocenters. The van der Waals surface area contributed by atoms with Crippen LogP contribution >= 0.6 is 0 Å². The summed E-state index contributed by atoms with van der Waals surface area (Å²) < 4.78 is 0. The van der Waals surface area contributed by atoms with Gasteiger partial charge in [-0.05, 0) is 29.7 Å². The van der Waals surface area contributed by atoms with Gasteiger partial charge in [-0.3, -0.25) is 4.98 Å². The van der Waals surface area contributed by atoms with Crippen LogP contribution in [0, 0.1) is 0 Å². The fourth-order valence-electron chi connectivity index (χ4n) is 3.78. The van der Waals surface area contributed by atoms with Crippen molar-refractivity contribution in [2.45, 2.75) is 19.5 Å². The zero-order chi connectivity index (χ0) is 20.2. The quantitative estimate of drug-likeness (QED) is 0.532. The first kappa shape index (κ1) is 18.3. The Hall–Kier alpha value is -3.73. The molecule has 0 fully saturated rings. The minimum absolute atomic E-state index is 0.619. The molecule has 148 valence electrons. The Morgan fingerprint density at radius 1 is 0.833 bits per heavy atom. The Bertz CT molecular complexity index is 1130. The Morgan fingerprint density at radius 2 is 1.63 bits per heavy atom. The lowest BCUT2D eigenvalue weighted by atomic mass is 10.00. The Kier molecular flexibility index (Phi) is 5.08. The van der Waals surface area contributed by atoms with Crippen molar-refractivity contribution >= 4 is 11.6 Å². The van der Waals surface area contributed by atoms with E-state index < -0.39 is 0 Å². The van der Waals surface area contributed by atoms with Gasteiger partial charge in [-0.25, -0.2) is 9.97 Å². The number of nitrogens with zero attached hydrogens (tertiary/aromatic N) is 4. The van der Waals surface area contributed by atoms with Crippen molar-refractivity contribution in [2.24, 2.45) is 0 Å². The summed E-state index contributed by atoms with van der Waals surface area (Å²) in [5, 5.41) is 3.43. The van der Waals surface area contributed by atoms with Crippen molar-refractivity contribution in [3.8, 4) is 11.4 Å². The molecular weight excluding hydrogens is 370 g/mol. The largest absolute Gasteiger partial charge is 0.364 e. The second kappa shape index (κ2) is 8.33. The molecule has 0 unspecified atom stereocenters. The summed E-state index contributed by atoms with van der Waals surface area (Å²) in [6.07, 6.45) is 2.83. The van der Waals surface area contributed by atoms with Gasteiger partial charge in [0.1, 0.15) is 11.6 Å². The van der Waals surface area contributed by atoms with Crippen molar-refractivity contribution in [1.29, 1.82) is 0 Å². The summed E-state index contributed by atoms with van der Waals surface area (Å²) in [4.78, 5) is 16.4. The van der Waals surface area contributed by atoms with Gasteiger partial charge in [0.15, 0.2) is 5.82 Å². The van der Waals surface area contributed by atoms with Crippen LogP contribution < -0.4 is 10.2 Å². The number of hydrogen-bond donors (Lipinski definition) is 1. The standard InChI is InChI=1S/C25H23N5/c1-2-9-20(10-3-1)25-28-23(27-17-22-12-6-7-14-26-22)16-24(29-25)30-15-13-19-8-4-5-11-21(19)18-30/h1-12,14,16H,13,15,17-18H2,(H,27,28,29). The summed E-state index contributed by atoms with van der Waals surface area (Å²) in [6.45, 7) is 2.43. The van der Waals surface area contributed by atoms with Crippen molar-refractivity contribution in [1.82, 2.24) is 15.0 Å². The predicted molar refractivity (Wildman–Crippen MR) is 120 cm³/mol. The van der Waals surface area contributed by atoms with E-state index in [4.69, 9.17) is 9.97 Å². The van der Waals surface area contributed by atoms with E-state index in [-0.39, 0.29) is 0 Å². The Morgan fingerprint density at radius 3 is 2.47 bits per heavy atom. The average molecular weight is 393 g/mol. The SMILES string of the molecule is c1ccc(-c2nc(NCc3ccccn3)cc(N3CCc4ccccc4C3)n2)cc1. The van der Waals surface area contributed by atoms with E-state index in [2.05, 4.69) is 39.5 Å². The lowest BCUT2D eigenvalue weighted by Crippen LogP contribution is -2.31. The van der Waals surface area contributed by atoms with Crippen LogP contribution in [0.4, 0.5) is 11.6 Å². The Labute approximate surface area is 176 Å². The summed E-state index contributed by atoms with van der Waals surface area (Å²) in [5.41, 5.74) is 4.79. The summed E-state index contributed by atoms with van der Waals surface area (Å²) in [6, 6.07) is 26.8. The molecule has 4 aromatic rings. The van der Waals surface area contributed by atoms with Crippen LogP contribution in [-0.4, -0.2) is 21.5 Å². The highest BCUT2D eigenvalue weighted by atomic mass is 15.2. The van der Waals surface area contributed by atoms with Crippen LogP contribution in [0.3, 0.4) is 0 Å². The molecule has 0 radical (unpaired) electrons. The minimum atomic E-state index is 0.619. The average Bonchev–Trinajstić information content (AvgIpc) is 2.83. The number of anilines is 2. The molecule has 0 bridgehead atoms. The normalized spacial score (nSPS) is 13.0. The van der Waals surface area contributed by atoms with E-state index in [0.29, 0.717) is 6.54 Å². The smallest absolute Gasteiger partial charge is 0.163 e. The molecule has 5 rings (SSSR count). The third-order valence-corrected chi connectivity index (χ3v) is 5.38. The molecule has 0 saturated heterocycles. The molecule has 1 N–H and O–H groups in total. The van der Waals surface area contributed by atoms with Crippen LogP contribution in [0.1, 0.15) is 16.8 Å². The first-order chi connectivity index (χ1) is 14.8. The molecule has 3 heterocycles. The van der Waals surface area contributed by atoms with Crippen molar-refractivity contribution in [3.63, 3.8) is 0 Å². The highest BCUT2D eigenvalue weighted by Gasteiger charge is 2.19. The van der Waals surface area contributed by atoms with Gasteiger partial charge in [0, 0.05) is 30.9 Å². The number of pyridine rings is 1. The molecule has 5 nitrogen and oxygen atoms in total. The molecule has 1 aliphatic heterocycles. The number of benzene rings is 2. The number of rotatable bonds is 5. The number of fused-ring (bicyclic) bond motifs is 1. The number of aromatic nitrogens is 3. The van der Waals surface area contributed by atoms with Crippen molar-refractivity contribution in [2.75, 3.05) is 16.8 Å². The predicted octanol–water partition coefficient (Wildman–Crippen LogP) is 4.71. The van der Waals surface area contributed by atoms with Gasteiger partial charge in [0.2, 0.25) is 0 Å². The van der Waals surface area contributed by atoms with E-state index in [1.807, 2.05) is 60.8 Å². The monoisotopic (exact) mass is 393 g/mol. The van der Waals surface area contributed by atoms with E-state index in [1.54, 1.807) is 0 Å². The van der Waals surface area contributed by atoms with E-state index in [1.165, 1.54) is 11.1 Å². The highest BCUT2D eigenvalue weighted by molar-refractivity contribution is 5.62. The third kappa shape index (κ3) is 4.01. The summed E-state index contributed by atoms with van der Waals surface area (Å²) in [7, 11) is 0. The molecule has 2 aromatic heterocycles. The number of nitrogens with one attached hydrogen (secondary N) is 1. The minimum Gasteiger partial charge on any atom is -0.364 e. The molecule has 0 spiro atoms. The second-order valence-corrected chi connectivity index (χ2v) is 7.42. The maximum atomic E-state index is 4.91. The zero-order valence-corrected chi connectivity index (χ0v) is 16.7. The second-order valence-electron chi connectivity index (χ2n) is 7.42. The van der Waals surface area contributed by atoms with Crippen LogP contribution in [0.2, 0.25) is 0 Å². The topological polar surface area (TPSA) is 53.9 Å². The van der Waals surface area contributed by atoms with Gasteiger partial charge >= 0.3 is 0 Å². The van der Waals surface area contributed by atoms with E-state index in [9.17, 15) is 0 Å². The van der Waals surface area contributed by atoms with Gasteiger partial charge in [0.05, 0.1) is 12.2 Å². The fourth-order valence-corrected chi connectivity index (χ4v) is 3.78. The zero-order valence-electron chi connectivity index (χ0n) is 16.7. The molecule has 5 heteroatoms. The van der Waals surface area contributed by atoms with Crippen LogP contribution in [-0.2, 0) is 19.5 Å². The molecular formula is C25H23N5. The van der Waals surface area contributed by atoms with Gasteiger partial charge < -0.3 is 10.2 Å². The van der Waals surface area contributed by atoms with Crippen LogP contribution in [0.25, 0.3) is 11.4 Å². The van der Waals surface area contributed by atoms with Gasteiger partial charge in [-0.2, -0.15) is 0 Å².